The Bertz CT molecular complexity index is 1280. The minimum absolute atomic E-state index is 0. The van der Waals surface area contributed by atoms with E-state index in [1.54, 1.807) is 44.5 Å². The standard InChI is InChI=1S/2C17H23.2CH3.2ClH.H2Si.V/c2*1-6-13-7-15-9-14(11(2)3)10-16(12(4)5)17(15)8-13;;;;;;/h2*7-12H,6H2,1-5H3;2*1H3;2*1H;1H2;. The van der Waals surface area contributed by atoms with Gasteiger partial charge in [-0.1, -0.05) is 0 Å². The summed E-state index contributed by atoms with van der Waals surface area (Å²) in [6, 6.07) is 10.3. The molecular formula is C36H56Cl2SiV. The Balaban J connectivity index is 0.00000280. The van der Waals surface area contributed by atoms with Crippen molar-refractivity contribution >= 4 is 45.1 Å². The molecule has 40 heavy (non-hydrogen) atoms. The van der Waals surface area contributed by atoms with Crippen LogP contribution in [0.4, 0.5) is 0 Å². The summed E-state index contributed by atoms with van der Waals surface area (Å²) in [5, 5.41) is 0. The zero-order chi connectivity index (χ0) is 28.3. The number of hydrogen-bond acceptors (Lipinski definition) is 0. The average molecular weight is 639 g/mol. The van der Waals surface area contributed by atoms with Crippen LogP contribution in [0.15, 0.2) is 35.4 Å². The van der Waals surface area contributed by atoms with Gasteiger partial charge in [0, 0.05) is 0 Å². The van der Waals surface area contributed by atoms with Crippen molar-refractivity contribution in [2.45, 2.75) is 126 Å². The SMILES string of the molecule is CCC1=Cc2c(C(C)C)cc(C(C)C)cc2[CH]1[V]([CH3])([CH3])(=[SiH2])[CH]1C(CC)=Cc2c(C(C)C)cc(C(C)C)cc21.Cl.Cl. The van der Waals surface area contributed by atoms with E-state index in [1.807, 2.05) is 0 Å². The molecule has 0 spiro atoms. The Morgan fingerprint density at radius 1 is 0.600 bits per heavy atom. The van der Waals surface area contributed by atoms with E-state index in [4.69, 9.17) is 0 Å². The summed E-state index contributed by atoms with van der Waals surface area (Å²) in [5.74, 6) is 2.19. The molecule has 0 radical (unpaired) electrons. The van der Waals surface area contributed by atoms with E-state index in [2.05, 4.69) is 125 Å². The van der Waals surface area contributed by atoms with Crippen LogP contribution in [0.25, 0.3) is 12.2 Å². The van der Waals surface area contributed by atoms with Gasteiger partial charge in [0.2, 0.25) is 0 Å². The van der Waals surface area contributed by atoms with Crippen molar-refractivity contribution in [3.05, 3.63) is 79.9 Å². The quantitative estimate of drug-likeness (QED) is 0.252. The first kappa shape index (κ1) is 35.5. The molecule has 223 valence electrons. The molecule has 2 unspecified atom stereocenters. The first-order chi connectivity index (χ1) is 17.6. The van der Waals surface area contributed by atoms with Crippen molar-refractivity contribution in [1.82, 2.24) is 0 Å². The molecule has 0 saturated carbocycles. The summed E-state index contributed by atoms with van der Waals surface area (Å²) < 4.78 is 1.17. The Kier molecular flexibility index (Phi) is 11.1. The van der Waals surface area contributed by atoms with Gasteiger partial charge >= 0.3 is 238 Å². The van der Waals surface area contributed by atoms with E-state index in [-0.39, 0.29) is 24.8 Å². The zero-order valence-corrected chi connectivity index (χ0v) is 31.8. The second kappa shape index (κ2) is 12.5. The van der Waals surface area contributed by atoms with Crippen LogP contribution in [0.5, 0.6) is 0 Å². The predicted molar refractivity (Wildman–Crippen MR) is 186 cm³/mol. The van der Waals surface area contributed by atoms with E-state index in [0.717, 1.165) is 12.8 Å². The Morgan fingerprint density at radius 2 is 0.925 bits per heavy atom. The Labute approximate surface area is 261 Å². The van der Waals surface area contributed by atoms with Gasteiger partial charge in [-0.3, -0.25) is 0 Å². The van der Waals surface area contributed by atoms with Crippen LogP contribution >= 0.6 is 24.8 Å². The molecular weight excluding hydrogens is 582 g/mol. The number of halogens is 2. The Hall–Kier alpha value is -0.699. The molecule has 0 aliphatic heterocycles. The van der Waals surface area contributed by atoms with Crippen molar-refractivity contribution in [2.75, 3.05) is 0 Å². The van der Waals surface area contributed by atoms with Crippen molar-refractivity contribution in [3.63, 3.8) is 0 Å². The molecule has 4 rings (SSSR count). The minimum atomic E-state index is -3.09. The van der Waals surface area contributed by atoms with E-state index in [9.17, 15) is 0 Å². The van der Waals surface area contributed by atoms with Crippen molar-refractivity contribution in [3.8, 4) is 0 Å². The summed E-state index contributed by atoms with van der Waals surface area (Å²) in [4.78, 5) is 0. The van der Waals surface area contributed by atoms with Crippen LogP contribution < -0.4 is 0 Å². The predicted octanol–water partition coefficient (Wildman–Crippen LogP) is 11.8. The molecule has 2 aliphatic rings. The minimum Gasteiger partial charge on any atom is -0.147 e. The molecule has 0 saturated heterocycles. The number of fused-ring (bicyclic) bond motifs is 2. The molecule has 0 amide bonds. The van der Waals surface area contributed by atoms with Crippen LogP contribution in [0.2, 0.25) is 11.3 Å². The summed E-state index contributed by atoms with van der Waals surface area (Å²) in [6.07, 6.45) is 7.57. The number of hydrogen-bond donors (Lipinski definition) is 0. The number of allylic oxidation sites excluding steroid dienone is 2. The molecule has 0 nitrogen and oxygen atoms in total. The first-order valence-electron chi connectivity index (χ1n) is 15.2. The van der Waals surface area contributed by atoms with Crippen molar-refractivity contribution < 1.29 is 11.7 Å². The van der Waals surface area contributed by atoms with Gasteiger partial charge in [0.1, 0.15) is 0 Å². The van der Waals surface area contributed by atoms with Gasteiger partial charge in [-0.15, -0.1) is 24.8 Å². The topological polar surface area (TPSA) is 0 Å². The summed E-state index contributed by atoms with van der Waals surface area (Å²) in [6.45, 7) is 23.8. The van der Waals surface area contributed by atoms with Crippen LogP contribution in [-0.4, -0.2) is 8.15 Å². The van der Waals surface area contributed by atoms with Gasteiger partial charge in [0.05, 0.1) is 0 Å². The number of benzene rings is 2. The third-order valence-electron chi connectivity index (χ3n) is 9.57. The van der Waals surface area contributed by atoms with Crippen molar-refractivity contribution in [2.24, 2.45) is 0 Å². The van der Waals surface area contributed by atoms with Gasteiger partial charge in [0.25, 0.3) is 0 Å². The first-order valence-corrected chi connectivity index (χ1v) is 23.2. The molecule has 0 fully saturated rings. The molecule has 4 heteroatoms. The molecule has 0 N–H and O–H groups in total. The van der Waals surface area contributed by atoms with Gasteiger partial charge < -0.3 is 0 Å². The van der Waals surface area contributed by atoms with Crippen LogP contribution in [-0.2, 0) is 11.7 Å². The van der Waals surface area contributed by atoms with E-state index < -0.39 is 11.7 Å². The summed E-state index contributed by atoms with van der Waals surface area (Å²) in [7, 11) is 2.48. The van der Waals surface area contributed by atoms with Crippen LogP contribution in [0.1, 0.15) is 160 Å². The average Bonchev–Trinajstić information content (AvgIpc) is 3.41. The van der Waals surface area contributed by atoms with Crippen LogP contribution in [0, 0.1) is 0 Å². The third-order valence-corrected chi connectivity index (χ3v) is 19.8. The van der Waals surface area contributed by atoms with Crippen molar-refractivity contribution in [1.29, 1.82) is 0 Å². The fraction of sp³-hybridized carbons (Fsp3) is 0.556. The molecule has 2 aromatic rings. The second-order valence-electron chi connectivity index (χ2n) is 14.4. The largest absolute Gasteiger partial charge is 0.147 e. The molecule has 0 aromatic heterocycles. The normalized spacial score (nSPS) is 19.1. The fourth-order valence-electron chi connectivity index (χ4n) is 7.52. The van der Waals surface area contributed by atoms with E-state index in [0.29, 0.717) is 32.9 Å². The van der Waals surface area contributed by atoms with Crippen LogP contribution in [0.3, 0.4) is 0 Å². The van der Waals surface area contributed by atoms with Gasteiger partial charge in [-0.05, 0) is 0 Å². The second-order valence-corrected chi connectivity index (χ2v) is 32.5. The maximum absolute atomic E-state index is 3.09. The monoisotopic (exact) mass is 637 g/mol. The Morgan fingerprint density at radius 3 is 1.18 bits per heavy atom. The van der Waals surface area contributed by atoms with Gasteiger partial charge in [-0.2, -0.15) is 0 Å². The third kappa shape index (κ3) is 5.90. The summed E-state index contributed by atoms with van der Waals surface area (Å²) >= 11 is -3.09. The molecule has 0 bridgehead atoms. The smallest absolute Gasteiger partial charge is 0.147 e. The van der Waals surface area contributed by atoms with Gasteiger partial charge in [0.15, 0.2) is 0 Å². The molecule has 0 heterocycles. The molecule has 2 aliphatic carbocycles. The fourth-order valence-corrected chi connectivity index (χ4v) is 19.3. The number of rotatable bonds is 8. The van der Waals surface area contributed by atoms with E-state index >= 15 is 0 Å². The maximum Gasteiger partial charge on any atom is -0.147 e. The van der Waals surface area contributed by atoms with E-state index in [1.165, 1.54) is 11.1 Å². The summed E-state index contributed by atoms with van der Waals surface area (Å²) in [5.41, 5.74) is 21.6. The molecule has 2 aromatic carbocycles. The molecule has 2 atom stereocenters. The zero-order valence-electron chi connectivity index (χ0n) is 27.3. The maximum atomic E-state index is 2.79. The van der Waals surface area contributed by atoms with Gasteiger partial charge in [-0.25, -0.2) is 0 Å².